The third-order valence-corrected chi connectivity index (χ3v) is 5.81. The molecule has 1 atom stereocenters. The van der Waals surface area contributed by atoms with Gasteiger partial charge in [-0.3, -0.25) is 0 Å². The number of nitrogens with two attached hydrogens (primary N) is 1. The van der Waals surface area contributed by atoms with Crippen LogP contribution in [0.15, 0.2) is 48.7 Å². The number of nitrogen functional groups attached to an aromatic ring is 1. The third-order valence-electron chi connectivity index (χ3n) is 5.81. The maximum atomic E-state index is 14.7. The number of nitrogens with one attached hydrogen (secondary N) is 2. The molecule has 0 bridgehead atoms. The number of aromatic nitrogens is 2. The largest absolute Gasteiger partial charge is 0.444 e. The molecule has 0 radical (unpaired) electrons. The fraction of sp³-hybridized carbons (Fsp3) is 0.448. The molecular weight excluding hydrogens is 488 g/mol. The van der Waals surface area contributed by atoms with Crippen LogP contribution in [0.3, 0.4) is 0 Å². The number of carbonyl (C=O) groups is 1. The van der Waals surface area contributed by atoms with E-state index in [-0.39, 0.29) is 17.0 Å². The maximum Gasteiger partial charge on any atom is 0.407 e. The van der Waals surface area contributed by atoms with Crippen LogP contribution in [-0.2, 0) is 11.3 Å². The topological polar surface area (TPSA) is 94.2 Å². The molecule has 0 aliphatic carbocycles. The Bertz CT molecular complexity index is 1240. The summed E-state index contributed by atoms with van der Waals surface area (Å²) in [5.74, 6) is -0.380. The highest BCUT2D eigenvalue weighted by Gasteiger charge is 2.31. The molecule has 0 aliphatic rings. The standard InChI is InChI=1S/C29H39F2N5O2/c1-28(2,3)25(33-13-8-14-34-27(37)38-29(4,5)6)26-35-24(22-16-20(30)11-12-23(22)31)18-36(26)17-19-9-7-10-21(32)15-19/h7,9-12,15-16,18,25,33H,8,13-14,17,32H2,1-6H3,(H,34,37)/t25-/m0/s1. The fourth-order valence-corrected chi connectivity index (χ4v) is 4.12. The first-order chi connectivity index (χ1) is 17.7. The van der Waals surface area contributed by atoms with Crippen molar-refractivity contribution in [2.45, 2.75) is 66.2 Å². The molecule has 38 heavy (non-hydrogen) atoms. The monoisotopic (exact) mass is 527 g/mol. The molecule has 3 rings (SSSR count). The first kappa shape index (κ1) is 29.1. The number of ether oxygens (including phenoxy) is 1. The lowest BCUT2D eigenvalue weighted by molar-refractivity contribution is 0.0527. The van der Waals surface area contributed by atoms with Crippen LogP contribution in [0.4, 0.5) is 19.3 Å². The molecule has 4 N–H and O–H groups in total. The van der Waals surface area contributed by atoms with Gasteiger partial charge < -0.3 is 25.7 Å². The number of amides is 1. The van der Waals surface area contributed by atoms with Gasteiger partial charge in [0, 0.05) is 30.5 Å². The van der Waals surface area contributed by atoms with Crippen LogP contribution in [0, 0.1) is 17.0 Å². The predicted octanol–water partition coefficient (Wildman–Crippen LogP) is 6.05. The Morgan fingerprint density at radius 2 is 1.82 bits per heavy atom. The number of benzene rings is 2. The molecule has 7 nitrogen and oxygen atoms in total. The van der Waals surface area contributed by atoms with E-state index in [1.807, 2.05) is 49.6 Å². The molecule has 3 aromatic rings. The summed E-state index contributed by atoms with van der Waals surface area (Å²) in [4.78, 5) is 16.7. The van der Waals surface area contributed by atoms with Crippen LogP contribution in [0.5, 0.6) is 0 Å². The maximum absolute atomic E-state index is 14.7. The van der Waals surface area contributed by atoms with Crippen molar-refractivity contribution in [1.29, 1.82) is 0 Å². The van der Waals surface area contributed by atoms with Crippen LogP contribution in [0.25, 0.3) is 11.3 Å². The highest BCUT2D eigenvalue weighted by atomic mass is 19.1. The van der Waals surface area contributed by atoms with Crippen LogP contribution in [-0.4, -0.2) is 34.3 Å². The highest BCUT2D eigenvalue weighted by Crippen LogP contribution is 2.35. The van der Waals surface area contributed by atoms with Gasteiger partial charge in [-0.05, 0) is 75.0 Å². The predicted molar refractivity (Wildman–Crippen MR) is 147 cm³/mol. The van der Waals surface area contributed by atoms with E-state index in [0.29, 0.717) is 43.3 Å². The SMILES string of the molecule is CC(C)(C)OC(=O)NCCCN[C@@H](c1nc(-c2cc(F)ccc2F)cn1Cc1cccc(N)c1)C(C)(C)C. The Morgan fingerprint density at radius 1 is 1.08 bits per heavy atom. The first-order valence-electron chi connectivity index (χ1n) is 12.8. The minimum atomic E-state index is -0.557. The Balaban J connectivity index is 1.86. The molecule has 0 fully saturated rings. The number of carbonyl (C=O) groups excluding carboxylic acids is 1. The van der Waals surface area contributed by atoms with Crippen LogP contribution >= 0.6 is 0 Å². The number of rotatable bonds is 9. The van der Waals surface area contributed by atoms with Gasteiger partial charge in [0.05, 0.1) is 11.7 Å². The van der Waals surface area contributed by atoms with Crippen LogP contribution < -0.4 is 16.4 Å². The molecule has 1 aromatic heterocycles. The summed E-state index contributed by atoms with van der Waals surface area (Å²) in [7, 11) is 0. The van der Waals surface area contributed by atoms with Gasteiger partial charge >= 0.3 is 6.09 Å². The zero-order valence-corrected chi connectivity index (χ0v) is 23.1. The van der Waals surface area contributed by atoms with E-state index in [4.69, 9.17) is 15.5 Å². The van der Waals surface area contributed by atoms with E-state index in [1.165, 1.54) is 0 Å². The van der Waals surface area contributed by atoms with Gasteiger partial charge in [0.15, 0.2) is 0 Å². The van der Waals surface area contributed by atoms with Gasteiger partial charge in [0.2, 0.25) is 0 Å². The van der Waals surface area contributed by atoms with Crippen LogP contribution in [0.2, 0.25) is 0 Å². The minimum Gasteiger partial charge on any atom is -0.444 e. The summed E-state index contributed by atoms with van der Waals surface area (Å²) in [6.07, 6.45) is 1.96. The molecule has 1 amide bonds. The number of hydrogen-bond acceptors (Lipinski definition) is 5. The van der Waals surface area contributed by atoms with E-state index in [1.54, 1.807) is 6.20 Å². The molecule has 1 heterocycles. The van der Waals surface area contributed by atoms with Crippen molar-refractivity contribution in [3.63, 3.8) is 0 Å². The van der Waals surface area contributed by atoms with Gasteiger partial charge in [-0.2, -0.15) is 0 Å². The van der Waals surface area contributed by atoms with Gasteiger partial charge in [-0.15, -0.1) is 0 Å². The summed E-state index contributed by atoms with van der Waals surface area (Å²) in [6, 6.07) is 10.7. The Morgan fingerprint density at radius 3 is 2.47 bits per heavy atom. The number of alkyl carbamates (subject to hydrolysis) is 1. The second-order valence-electron chi connectivity index (χ2n) is 11.5. The number of hydrogen-bond donors (Lipinski definition) is 3. The van der Waals surface area contributed by atoms with Crippen LogP contribution in [0.1, 0.15) is 65.4 Å². The average Bonchev–Trinajstić information content (AvgIpc) is 3.18. The van der Waals surface area contributed by atoms with Gasteiger partial charge in [-0.25, -0.2) is 18.6 Å². The Hall–Kier alpha value is -3.46. The quantitative estimate of drug-likeness (QED) is 0.233. The fourth-order valence-electron chi connectivity index (χ4n) is 4.12. The second kappa shape index (κ2) is 11.9. The summed E-state index contributed by atoms with van der Waals surface area (Å²) < 4.78 is 35.9. The lowest BCUT2D eigenvalue weighted by Crippen LogP contribution is -2.37. The number of nitrogens with zero attached hydrogens (tertiary/aromatic N) is 2. The Kier molecular flexibility index (Phi) is 9.14. The van der Waals surface area contributed by atoms with Gasteiger partial charge in [0.25, 0.3) is 0 Å². The first-order valence-corrected chi connectivity index (χ1v) is 12.8. The van der Waals surface area contributed by atoms with Crippen molar-refractivity contribution < 1.29 is 18.3 Å². The Labute approximate surface area is 223 Å². The number of anilines is 1. The molecule has 0 saturated carbocycles. The number of halogens is 2. The zero-order chi connectivity index (χ0) is 28.1. The molecule has 0 saturated heterocycles. The second-order valence-corrected chi connectivity index (χ2v) is 11.5. The molecule has 0 unspecified atom stereocenters. The van der Waals surface area contributed by atoms with Crippen molar-refractivity contribution in [3.05, 3.63) is 71.7 Å². The van der Waals surface area contributed by atoms with Gasteiger partial charge in [0.1, 0.15) is 23.1 Å². The van der Waals surface area contributed by atoms with E-state index in [9.17, 15) is 13.6 Å². The summed E-state index contributed by atoms with van der Waals surface area (Å²) in [6.45, 7) is 13.2. The lowest BCUT2D eigenvalue weighted by atomic mass is 9.86. The molecule has 0 aliphatic heterocycles. The van der Waals surface area contributed by atoms with E-state index < -0.39 is 23.3 Å². The molecule has 9 heteroatoms. The van der Waals surface area contributed by atoms with Crippen molar-refractivity contribution in [3.8, 4) is 11.3 Å². The average molecular weight is 528 g/mol. The number of imidazole rings is 1. The lowest BCUT2D eigenvalue weighted by Gasteiger charge is -2.32. The summed E-state index contributed by atoms with van der Waals surface area (Å²) in [5, 5.41) is 6.33. The third kappa shape index (κ3) is 8.28. The van der Waals surface area contributed by atoms with E-state index >= 15 is 0 Å². The van der Waals surface area contributed by atoms with E-state index in [2.05, 4.69) is 31.4 Å². The summed E-state index contributed by atoms with van der Waals surface area (Å²) in [5.41, 5.74) is 7.23. The van der Waals surface area contributed by atoms with Crippen molar-refractivity contribution >= 4 is 11.8 Å². The normalized spacial score (nSPS) is 12.8. The molecule has 2 aromatic carbocycles. The molecular formula is C29H39F2N5O2. The minimum absolute atomic E-state index is 0.104. The van der Waals surface area contributed by atoms with E-state index in [0.717, 1.165) is 23.8 Å². The smallest absolute Gasteiger partial charge is 0.407 e. The zero-order valence-electron chi connectivity index (χ0n) is 23.1. The van der Waals surface area contributed by atoms with Gasteiger partial charge in [-0.1, -0.05) is 32.9 Å². The molecule has 0 spiro atoms. The van der Waals surface area contributed by atoms with Crippen molar-refractivity contribution in [1.82, 2.24) is 20.2 Å². The molecule has 206 valence electrons. The highest BCUT2D eigenvalue weighted by molar-refractivity contribution is 5.67. The van der Waals surface area contributed by atoms with Crippen molar-refractivity contribution in [2.75, 3.05) is 18.8 Å². The summed E-state index contributed by atoms with van der Waals surface area (Å²) >= 11 is 0. The van der Waals surface area contributed by atoms with Crippen molar-refractivity contribution in [2.24, 2.45) is 5.41 Å².